The van der Waals surface area contributed by atoms with Gasteiger partial charge in [-0.2, -0.15) is 0 Å². The summed E-state index contributed by atoms with van der Waals surface area (Å²) in [4.78, 5) is 2.36. The Bertz CT molecular complexity index is 573. The fourth-order valence-electron chi connectivity index (χ4n) is 3.31. The molecule has 0 heterocycles. The first-order valence-corrected chi connectivity index (χ1v) is 6.94. The van der Waals surface area contributed by atoms with Gasteiger partial charge in [0.15, 0.2) is 0 Å². The fourth-order valence-corrected chi connectivity index (χ4v) is 3.31. The molecule has 0 aliphatic heterocycles. The van der Waals surface area contributed by atoms with Crippen molar-refractivity contribution < 1.29 is 0 Å². The Morgan fingerprint density at radius 2 is 1.63 bits per heavy atom. The smallest absolute Gasteiger partial charge is 0.0373 e. The fraction of sp³-hybridized carbons (Fsp3) is 0.333. The second kappa shape index (κ2) is 4.50. The van der Waals surface area contributed by atoms with E-state index in [4.69, 9.17) is 0 Å². The first-order valence-electron chi connectivity index (χ1n) is 6.94. The van der Waals surface area contributed by atoms with Crippen LogP contribution in [-0.4, -0.2) is 25.0 Å². The molecular weight excluding hydrogens is 230 g/mol. The Hall–Kier alpha value is -1.60. The van der Waals surface area contributed by atoms with Gasteiger partial charge in [-0.3, -0.25) is 0 Å². The van der Waals surface area contributed by atoms with E-state index in [0.717, 1.165) is 0 Å². The van der Waals surface area contributed by atoms with Crippen LogP contribution in [0, 0.1) is 6.92 Å². The number of nitrogens with zero attached hydrogens (tertiary/aromatic N) is 1. The van der Waals surface area contributed by atoms with Crippen molar-refractivity contribution in [3.05, 3.63) is 71.3 Å². The molecule has 0 bridgehead atoms. The molecule has 2 aromatic rings. The first-order chi connectivity index (χ1) is 9.14. The lowest BCUT2D eigenvalue weighted by Crippen LogP contribution is -2.25. The normalized spacial score (nSPS) is 25.6. The van der Waals surface area contributed by atoms with Crippen LogP contribution < -0.4 is 0 Å². The van der Waals surface area contributed by atoms with E-state index in [0.29, 0.717) is 6.04 Å². The maximum absolute atomic E-state index is 2.36. The highest BCUT2D eigenvalue weighted by Crippen LogP contribution is 2.55. The molecule has 2 unspecified atom stereocenters. The molecule has 0 amide bonds. The maximum atomic E-state index is 2.36. The number of rotatable bonds is 3. The number of aryl methyl sites for hydroxylation is 1. The van der Waals surface area contributed by atoms with E-state index in [9.17, 15) is 0 Å². The molecule has 1 saturated carbocycles. The number of hydrogen-bond donors (Lipinski definition) is 0. The van der Waals surface area contributed by atoms with Crippen molar-refractivity contribution in [2.24, 2.45) is 0 Å². The van der Waals surface area contributed by atoms with Crippen LogP contribution in [0.5, 0.6) is 0 Å². The van der Waals surface area contributed by atoms with Gasteiger partial charge in [0, 0.05) is 11.5 Å². The summed E-state index contributed by atoms with van der Waals surface area (Å²) in [5, 5.41) is 0. The summed E-state index contributed by atoms with van der Waals surface area (Å²) in [5.41, 5.74) is 4.44. The standard InChI is InChI=1S/C18H21N/c1-14-8-7-11-16(12-14)18(13-17(18)19(2)3)15-9-5-4-6-10-15/h4-12,17H,13H2,1-3H3. The SMILES string of the molecule is Cc1cccc(C2(c3ccccc3)CC2N(C)C)c1. The van der Waals surface area contributed by atoms with Crippen molar-refractivity contribution in [1.82, 2.24) is 4.90 Å². The Labute approximate surface area is 115 Å². The summed E-state index contributed by atoms with van der Waals surface area (Å²) in [7, 11) is 4.37. The van der Waals surface area contributed by atoms with Gasteiger partial charge in [0.25, 0.3) is 0 Å². The Balaban J connectivity index is 2.10. The molecule has 2 atom stereocenters. The van der Waals surface area contributed by atoms with E-state index in [2.05, 4.69) is 80.5 Å². The van der Waals surface area contributed by atoms with E-state index < -0.39 is 0 Å². The Kier molecular flexibility index (Phi) is 2.94. The third-order valence-electron chi connectivity index (χ3n) is 4.37. The highest BCUT2D eigenvalue weighted by atomic mass is 15.2. The van der Waals surface area contributed by atoms with Gasteiger partial charge < -0.3 is 4.90 Å². The lowest BCUT2D eigenvalue weighted by atomic mass is 9.86. The highest BCUT2D eigenvalue weighted by Gasteiger charge is 2.57. The maximum Gasteiger partial charge on any atom is 0.0373 e. The molecule has 1 aliphatic rings. The number of likely N-dealkylation sites (N-methyl/N-ethyl adjacent to an activating group) is 1. The van der Waals surface area contributed by atoms with Crippen LogP contribution >= 0.6 is 0 Å². The average Bonchev–Trinajstić information content (AvgIpc) is 3.17. The Morgan fingerprint density at radius 1 is 0.947 bits per heavy atom. The monoisotopic (exact) mass is 251 g/mol. The molecule has 0 saturated heterocycles. The summed E-state index contributed by atoms with van der Waals surface area (Å²) in [6.45, 7) is 2.18. The first kappa shape index (κ1) is 12.4. The largest absolute Gasteiger partial charge is 0.305 e. The third kappa shape index (κ3) is 1.98. The minimum atomic E-state index is 0.191. The molecule has 19 heavy (non-hydrogen) atoms. The molecule has 0 N–H and O–H groups in total. The zero-order chi connectivity index (χ0) is 13.5. The molecule has 98 valence electrons. The van der Waals surface area contributed by atoms with Crippen molar-refractivity contribution >= 4 is 0 Å². The second-order valence-corrected chi connectivity index (χ2v) is 5.89. The molecule has 0 radical (unpaired) electrons. The topological polar surface area (TPSA) is 3.24 Å². The zero-order valence-electron chi connectivity index (χ0n) is 11.9. The number of hydrogen-bond acceptors (Lipinski definition) is 1. The summed E-state index contributed by atoms with van der Waals surface area (Å²) in [5.74, 6) is 0. The predicted octanol–water partition coefficient (Wildman–Crippen LogP) is 3.62. The Morgan fingerprint density at radius 3 is 2.21 bits per heavy atom. The third-order valence-corrected chi connectivity index (χ3v) is 4.37. The van der Waals surface area contributed by atoms with Crippen molar-refractivity contribution in [1.29, 1.82) is 0 Å². The van der Waals surface area contributed by atoms with Crippen molar-refractivity contribution in [2.45, 2.75) is 24.8 Å². The summed E-state index contributed by atoms with van der Waals surface area (Å²) in [6, 6.07) is 20.5. The van der Waals surface area contributed by atoms with Gasteiger partial charge in [-0.15, -0.1) is 0 Å². The molecule has 1 aliphatic carbocycles. The minimum Gasteiger partial charge on any atom is -0.305 e. The van der Waals surface area contributed by atoms with Gasteiger partial charge in [0.05, 0.1) is 0 Å². The summed E-state index contributed by atoms with van der Waals surface area (Å²) >= 11 is 0. The molecule has 1 fully saturated rings. The lowest BCUT2D eigenvalue weighted by Gasteiger charge is -2.22. The molecule has 1 heteroatoms. The molecule has 3 rings (SSSR count). The lowest BCUT2D eigenvalue weighted by molar-refractivity contribution is 0.374. The van der Waals surface area contributed by atoms with E-state index in [1.54, 1.807) is 0 Å². The second-order valence-electron chi connectivity index (χ2n) is 5.89. The summed E-state index contributed by atoms with van der Waals surface area (Å²) in [6.07, 6.45) is 1.22. The van der Waals surface area contributed by atoms with Crippen molar-refractivity contribution in [2.75, 3.05) is 14.1 Å². The van der Waals surface area contributed by atoms with Crippen LogP contribution in [0.15, 0.2) is 54.6 Å². The van der Waals surface area contributed by atoms with Crippen molar-refractivity contribution in [3.63, 3.8) is 0 Å². The predicted molar refractivity (Wildman–Crippen MR) is 80.5 cm³/mol. The molecular formula is C18H21N. The van der Waals surface area contributed by atoms with Gasteiger partial charge in [0.1, 0.15) is 0 Å². The van der Waals surface area contributed by atoms with Crippen LogP contribution in [0.2, 0.25) is 0 Å². The van der Waals surface area contributed by atoms with Crippen LogP contribution in [0.4, 0.5) is 0 Å². The summed E-state index contributed by atoms with van der Waals surface area (Å²) < 4.78 is 0. The minimum absolute atomic E-state index is 0.191. The average molecular weight is 251 g/mol. The van der Waals surface area contributed by atoms with E-state index in [1.165, 1.54) is 23.1 Å². The van der Waals surface area contributed by atoms with Gasteiger partial charge in [-0.1, -0.05) is 60.2 Å². The van der Waals surface area contributed by atoms with Crippen LogP contribution in [0.3, 0.4) is 0 Å². The van der Waals surface area contributed by atoms with Crippen molar-refractivity contribution in [3.8, 4) is 0 Å². The van der Waals surface area contributed by atoms with E-state index >= 15 is 0 Å². The quantitative estimate of drug-likeness (QED) is 0.805. The van der Waals surface area contributed by atoms with Gasteiger partial charge in [-0.05, 0) is 38.6 Å². The molecule has 0 aromatic heterocycles. The highest BCUT2D eigenvalue weighted by molar-refractivity contribution is 5.50. The molecule has 2 aromatic carbocycles. The molecule has 1 nitrogen and oxygen atoms in total. The van der Waals surface area contributed by atoms with Crippen LogP contribution in [0.25, 0.3) is 0 Å². The van der Waals surface area contributed by atoms with Gasteiger partial charge in [-0.25, -0.2) is 0 Å². The zero-order valence-corrected chi connectivity index (χ0v) is 11.9. The van der Waals surface area contributed by atoms with Gasteiger partial charge >= 0.3 is 0 Å². The molecule has 0 spiro atoms. The van der Waals surface area contributed by atoms with Crippen LogP contribution in [-0.2, 0) is 5.41 Å². The van der Waals surface area contributed by atoms with E-state index in [1.807, 2.05) is 0 Å². The van der Waals surface area contributed by atoms with Gasteiger partial charge in [0.2, 0.25) is 0 Å². The van der Waals surface area contributed by atoms with E-state index in [-0.39, 0.29) is 5.41 Å². The number of benzene rings is 2. The van der Waals surface area contributed by atoms with Crippen LogP contribution in [0.1, 0.15) is 23.1 Å².